The highest BCUT2D eigenvalue weighted by atomic mass is 16.2. The molecule has 2 aliphatic heterocycles. The summed E-state index contributed by atoms with van der Waals surface area (Å²) in [6.45, 7) is 2.98. The second-order valence-corrected chi connectivity index (χ2v) is 7.05. The largest absolute Gasteiger partial charge is 0.382 e. The number of aromatic nitrogens is 2. The number of nitrogen functional groups attached to an aromatic ring is 1. The van der Waals surface area contributed by atoms with Crippen LogP contribution in [-0.4, -0.2) is 57.8 Å². The standard InChI is InChI=1S/C18H27N5O2/c19-16-13-20-15(12-21-16)11-14-3-1-7-22(9-5-14)18(25)6-10-23-8-2-4-17(23)24/h12-14H,1-11H2,(H2,19,21). The van der Waals surface area contributed by atoms with Crippen LogP contribution in [0.2, 0.25) is 0 Å². The molecule has 2 aliphatic rings. The molecule has 0 spiro atoms. The topological polar surface area (TPSA) is 92.4 Å². The Morgan fingerprint density at radius 2 is 2.04 bits per heavy atom. The maximum atomic E-state index is 12.5. The number of hydrogen-bond donors (Lipinski definition) is 1. The number of rotatable bonds is 5. The number of anilines is 1. The van der Waals surface area contributed by atoms with Gasteiger partial charge in [0.2, 0.25) is 11.8 Å². The molecule has 25 heavy (non-hydrogen) atoms. The van der Waals surface area contributed by atoms with Crippen LogP contribution in [0.4, 0.5) is 5.82 Å². The predicted octanol–water partition coefficient (Wildman–Crippen LogP) is 1.24. The Morgan fingerprint density at radius 3 is 2.76 bits per heavy atom. The molecule has 0 aliphatic carbocycles. The van der Waals surface area contributed by atoms with E-state index in [0.29, 0.717) is 31.1 Å². The summed E-state index contributed by atoms with van der Waals surface area (Å²) in [5, 5.41) is 0. The Bertz CT molecular complexity index is 604. The summed E-state index contributed by atoms with van der Waals surface area (Å²) < 4.78 is 0. The zero-order valence-electron chi connectivity index (χ0n) is 14.7. The zero-order chi connectivity index (χ0) is 17.6. The fourth-order valence-corrected chi connectivity index (χ4v) is 3.71. The Labute approximate surface area is 148 Å². The molecule has 2 N–H and O–H groups in total. The van der Waals surface area contributed by atoms with Crippen molar-refractivity contribution in [3.8, 4) is 0 Å². The average molecular weight is 345 g/mol. The van der Waals surface area contributed by atoms with Crippen molar-refractivity contribution in [1.82, 2.24) is 19.8 Å². The van der Waals surface area contributed by atoms with E-state index in [1.54, 1.807) is 12.4 Å². The zero-order valence-corrected chi connectivity index (χ0v) is 14.7. The number of nitrogens with zero attached hydrogens (tertiary/aromatic N) is 4. The second-order valence-electron chi connectivity index (χ2n) is 7.05. The van der Waals surface area contributed by atoms with Gasteiger partial charge in [-0.1, -0.05) is 0 Å². The number of likely N-dealkylation sites (tertiary alicyclic amines) is 2. The minimum Gasteiger partial charge on any atom is -0.382 e. The van der Waals surface area contributed by atoms with E-state index in [9.17, 15) is 9.59 Å². The van der Waals surface area contributed by atoms with Crippen molar-refractivity contribution in [2.24, 2.45) is 5.92 Å². The van der Waals surface area contributed by atoms with Crippen molar-refractivity contribution in [1.29, 1.82) is 0 Å². The summed E-state index contributed by atoms with van der Waals surface area (Å²) in [5.41, 5.74) is 6.54. The van der Waals surface area contributed by atoms with E-state index in [2.05, 4.69) is 9.97 Å². The van der Waals surface area contributed by atoms with Crippen LogP contribution in [0.25, 0.3) is 0 Å². The van der Waals surface area contributed by atoms with Crippen molar-refractivity contribution < 1.29 is 9.59 Å². The molecule has 0 saturated carbocycles. The number of nitrogens with two attached hydrogens (primary N) is 1. The van der Waals surface area contributed by atoms with Gasteiger partial charge in [0.05, 0.1) is 18.1 Å². The third kappa shape index (κ3) is 4.90. The van der Waals surface area contributed by atoms with E-state index in [1.807, 2.05) is 9.80 Å². The van der Waals surface area contributed by atoms with E-state index in [1.165, 1.54) is 0 Å². The fourth-order valence-electron chi connectivity index (χ4n) is 3.71. The molecule has 7 heteroatoms. The summed E-state index contributed by atoms with van der Waals surface area (Å²) in [6.07, 6.45) is 9.33. The van der Waals surface area contributed by atoms with Crippen LogP contribution in [0.1, 0.15) is 44.2 Å². The molecular weight excluding hydrogens is 318 g/mol. The van der Waals surface area contributed by atoms with E-state index < -0.39 is 0 Å². The summed E-state index contributed by atoms with van der Waals surface area (Å²) in [6, 6.07) is 0. The van der Waals surface area contributed by atoms with Crippen LogP contribution in [-0.2, 0) is 16.0 Å². The lowest BCUT2D eigenvalue weighted by molar-refractivity contribution is -0.132. The molecule has 0 radical (unpaired) electrons. The van der Waals surface area contributed by atoms with Crippen molar-refractivity contribution in [2.45, 2.75) is 44.9 Å². The Morgan fingerprint density at radius 1 is 1.16 bits per heavy atom. The maximum absolute atomic E-state index is 12.5. The number of amides is 2. The van der Waals surface area contributed by atoms with Gasteiger partial charge in [-0.3, -0.25) is 14.6 Å². The van der Waals surface area contributed by atoms with Gasteiger partial charge in [0, 0.05) is 39.0 Å². The molecule has 2 amide bonds. The Kier molecular flexibility index (Phi) is 5.83. The molecule has 7 nitrogen and oxygen atoms in total. The van der Waals surface area contributed by atoms with Gasteiger partial charge in [-0.05, 0) is 38.0 Å². The quantitative estimate of drug-likeness (QED) is 0.867. The highest BCUT2D eigenvalue weighted by Gasteiger charge is 2.24. The number of carbonyl (C=O) groups is 2. The molecule has 2 fully saturated rings. The Hall–Kier alpha value is -2.18. The molecule has 0 bridgehead atoms. The maximum Gasteiger partial charge on any atom is 0.224 e. The molecule has 1 unspecified atom stereocenters. The van der Waals surface area contributed by atoms with Crippen LogP contribution in [0.5, 0.6) is 0 Å². The highest BCUT2D eigenvalue weighted by molar-refractivity contribution is 5.80. The Balaban J connectivity index is 1.45. The van der Waals surface area contributed by atoms with Crippen LogP contribution in [0.3, 0.4) is 0 Å². The molecular formula is C18H27N5O2. The van der Waals surface area contributed by atoms with Crippen molar-refractivity contribution in [2.75, 3.05) is 31.9 Å². The smallest absolute Gasteiger partial charge is 0.224 e. The average Bonchev–Trinajstić information content (AvgIpc) is 2.87. The van der Waals surface area contributed by atoms with Gasteiger partial charge in [0.1, 0.15) is 5.82 Å². The van der Waals surface area contributed by atoms with E-state index in [-0.39, 0.29) is 11.8 Å². The minimum atomic E-state index is 0.174. The van der Waals surface area contributed by atoms with Gasteiger partial charge in [0.15, 0.2) is 0 Å². The summed E-state index contributed by atoms with van der Waals surface area (Å²) in [5.74, 6) is 1.33. The first-order valence-electron chi connectivity index (χ1n) is 9.24. The SMILES string of the molecule is Nc1cnc(CC2CCCN(C(=O)CCN3CCCC3=O)CC2)cn1. The predicted molar refractivity (Wildman–Crippen MR) is 94.5 cm³/mol. The van der Waals surface area contributed by atoms with E-state index >= 15 is 0 Å². The molecule has 0 aromatic carbocycles. The third-order valence-electron chi connectivity index (χ3n) is 5.19. The summed E-state index contributed by atoms with van der Waals surface area (Å²) >= 11 is 0. The number of carbonyl (C=O) groups excluding carboxylic acids is 2. The summed E-state index contributed by atoms with van der Waals surface area (Å²) in [7, 11) is 0. The molecule has 3 rings (SSSR count). The van der Waals surface area contributed by atoms with Gasteiger partial charge >= 0.3 is 0 Å². The lowest BCUT2D eigenvalue weighted by Gasteiger charge is -2.22. The number of hydrogen-bond acceptors (Lipinski definition) is 5. The van der Waals surface area contributed by atoms with Crippen LogP contribution in [0.15, 0.2) is 12.4 Å². The lowest BCUT2D eigenvalue weighted by Crippen LogP contribution is -2.35. The molecule has 3 heterocycles. The van der Waals surface area contributed by atoms with Crippen molar-refractivity contribution in [3.05, 3.63) is 18.1 Å². The van der Waals surface area contributed by atoms with Gasteiger partial charge in [-0.15, -0.1) is 0 Å². The van der Waals surface area contributed by atoms with Crippen LogP contribution >= 0.6 is 0 Å². The van der Waals surface area contributed by atoms with E-state index in [0.717, 1.165) is 57.4 Å². The normalized spacial score (nSPS) is 21.4. The van der Waals surface area contributed by atoms with Gasteiger partial charge in [0.25, 0.3) is 0 Å². The van der Waals surface area contributed by atoms with Crippen molar-refractivity contribution >= 4 is 17.6 Å². The summed E-state index contributed by atoms with van der Waals surface area (Å²) in [4.78, 5) is 36.3. The minimum absolute atomic E-state index is 0.174. The molecule has 136 valence electrons. The third-order valence-corrected chi connectivity index (χ3v) is 5.19. The van der Waals surface area contributed by atoms with Gasteiger partial charge in [-0.25, -0.2) is 4.98 Å². The van der Waals surface area contributed by atoms with Gasteiger partial charge in [-0.2, -0.15) is 0 Å². The molecule has 1 atom stereocenters. The fraction of sp³-hybridized carbons (Fsp3) is 0.667. The monoisotopic (exact) mass is 345 g/mol. The molecule has 1 aromatic rings. The first-order valence-corrected chi connectivity index (χ1v) is 9.24. The molecule has 2 saturated heterocycles. The molecule has 1 aromatic heterocycles. The lowest BCUT2D eigenvalue weighted by atomic mass is 9.95. The second kappa shape index (κ2) is 8.27. The van der Waals surface area contributed by atoms with Crippen LogP contribution in [0, 0.1) is 5.92 Å². The van der Waals surface area contributed by atoms with Crippen molar-refractivity contribution in [3.63, 3.8) is 0 Å². The highest BCUT2D eigenvalue weighted by Crippen LogP contribution is 2.21. The van der Waals surface area contributed by atoms with Gasteiger partial charge < -0.3 is 15.5 Å². The van der Waals surface area contributed by atoms with Crippen LogP contribution < -0.4 is 5.73 Å². The first-order chi connectivity index (χ1) is 12.1. The van der Waals surface area contributed by atoms with E-state index in [4.69, 9.17) is 5.73 Å². The first kappa shape index (κ1) is 17.6.